The first-order chi connectivity index (χ1) is 15.1. The Bertz CT molecular complexity index is 550. The van der Waals surface area contributed by atoms with E-state index in [1.807, 2.05) is 0 Å². The molecule has 0 amide bonds. The van der Waals surface area contributed by atoms with Crippen LogP contribution in [-0.2, 0) is 18.9 Å². The molecule has 0 spiro atoms. The van der Waals surface area contributed by atoms with Gasteiger partial charge < -0.3 is 18.9 Å². The molecule has 0 radical (unpaired) electrons. The molecule has 0 N–H and O–H groups in total. The van der Waals surface area contributed by atoms with Crippen molar-refractivity contribution in [2.45, 2.75) is 83.7 Å². The molecule has 2 aliphatic heterocycles. The Kier molecular flexibility index (Phi) is 8.78. The molecule has 4 fully saturated rings. The molecule has 0 aromatic rings. The van der Waals surface area contributed by atoms with Crippen LogP contribution in [-0.4, -0.2) is 39.0 Å². The van der Waals surface area contributed by atoms with Crippen LogP contribution in [0, 0.1) is 35.5 Å². The van der Waals surface area contributed by atoms with E-state index in [0.29, 0.717) is 31.1 Å². The molecule has 0 aromatic heterocycles. The minimum atomic E-state index is -1.78. The normalized spacial score (nSPS) is 42.2. The van der Waals surface area contributed by atoms with Crippen LogP contribution in [0.1, 0.15) is 71.1 Å². The van der Waals surface area contributed by atoms with Gasteiger partial charge in [0.1, 0.15) is 0 Å². The highest BCUT2D eigenvalue weighted by Crippen LogP contribution is 2.44. The van der Waals surface area contributed by atoms with Crippen LogP contribution in [0.15, 0.2) is 12.2 Å². The molecule has 31 heavy (non-hydrogen) atoms. The molecule has 2 saturated heterocycles. The van der Waals surface area contributed by atoms with Crippen LogP contribution in [0.5, 0.6) is 0 Å². The van der Waals surface area contributed by atoms with Crippen molar-refractivity contribution < 1.29 is 27.7 Å². The van der Waals surface area contributed by atoms with Crippen molar-refractivity contribution in [1.82, 2.24) is 0 Å². The molecule has 2 heterocycles. The second-order valence-corrected chi connectivity index (χ2v) is 10.3. The minimum absolute atomic E-state index is 0.0631. The molecular weight excluding hydrogens is 402 g/mol. The molecule has 2 aliphatic carbocycles. The van der Waals surface area contributed by atoms with E-state index >= 15 is 0 Å². The monoisotopic (exact) mass is 442 g/mol. The zero-order valence-electron chi connectivity index (χ0n) is 19.0. The Morgan fingerprint density at radius 2 is 1.16 bits per heavy atom. The average Bonchev–Trinajstić information content (AvgIpc) is 2.80. The zero-order chi connectivity index (χ0) is 21.6. The third kappa shape index (κ3) is 6.49. The van der Waals surface area contributed by atoms with Crippen LogP contribution in [0.25, 0.3) is 0 Å². The van der Waals surface area contributed by atoms with Gasteiger partial charge in [-0.15, -0.1) is 0 Å². The van der Waals surface area contributed by atoms with Gasteiger partial charge in [0, 0.05) is 12.0 Å². The summed E-state index contributed by atoms with van der Waals surface area (Å²) >= 11 is 0. The maximum absolute atomic E-state index is 12.3. The number of hydrogen-bond donors (Lipinski definition) is 0. The average molecular weight is 443 g/mol. The lowest BCUT2D eigenvalue weighted by Crippen LogP contribution is -2.45. The van der Waals surface area contributed by atoms with Gasteiger partial charge in [-0.25, -0.2) is 0 Å². The Balaban J connectivity index is 1.14. The van der Waals surface area contributed by atoms with Crippen LogP contribution >= 0.6 is 0 Å². The fourth-order valence-corrected chi connectivity index (χ4v) is 6.41. The third-order valence-electron chi connectivity index (χ3n) is 8.28. The highest BCUT2D eigenvalue weighted by atomic mass is 19.3. The molecular formula is C25H40F2O4. The maximum atomic E-state index is 12.3. The van der Waals surface area contributed by atoms with Gasteiger partial charge in [0.2, 0.25) is 0 Å². The largest absolute Gasteiger partial charge is 0.352 e. The molecule has 6 heteroatoms. The SMILES string of the molecule is CCCC1CCC(C2CCC(C3COC(C4COC(C=C(F)F)OC4)OC3)CC2)CC1. The van der Waals surface area contributed by atoms with E-state index in [0.717, 1.165) is 31.0 Å². The molecule has 4 aliphatic rings. The summed E-state index contributed by atoms with van der Waals surface area (Å²) < 4.78 is 47.4. The number of ether oxygens (including phenoxy) is 4. The second-order valence-electron chi connectivity index (χ2n) is 10.3. The highest BCUT2D eigenvalue weighted by Gasteiger charge is 2.38. The molecule has 4 nitrogen and oxygen atoms in total. The van der Waals surface area contributed by atoms with Crippen molar-refractivity contribution in [2.75, 3.05) is 26.4 Å². The van der Waals surface area contributed by atoms with E-state index in [1.165, 1.54) is 64.2 Å². The van der Waals surface area contributed by atoms with Gasteiger partial charge in [0.25, 0.3) is 6.08 Å². The van der Waals surface area contributed by atoms with Crippen molar-refractivity contribution in [3.63, 3.8) is 0 Å². The lowest BCUT2D eigenvalue weighted by molar-refractivity contribution is -0.276. The predicted molar refractivity (Wildman–Crippen MR) is 114 cm³/mol. The molecule has 0 atom stereocenters. The lowest BCUT2D eigenvalue weighted by Gasteiger charge is -2.42. The Hall–Kier alpha value is -0.560. The van der Waals surface area contributed by atoms with Gasteiger partial charge in [-0.05, 0) is 62.2 Å². The zero-order valence-corrected chi connectivity index (χ0v) is 19.0. The molecule has 0 aromatic carbocycles. The number of halogens is 2. The van der Waals surface area contributed by atoms with E-state index in [9.17, 15) is 8.78 Å². The van der Waals surface area contributed by atoms with Crippen molar-refractivity contribution in [3.05, 3.63) is 12.2 Å². The van der Waals surface area contributed by atoms with E-state index in [4.69, 9.17) is 18.9 Å². The first-order valence-corrected chi connectivity index (χ1v) is 12.6. The first-order valence-electron chi connectivity index (χ1n) is 12.6. The summed E-state index contributed by atoms with van der Waals surface area (Å²) in [5.74, 6) is 4.01. The van der Waals surface area contributed by atoms with Gasteiger partial charge >= 0.3 is 0 Å². The fraction of sp³-hybridized carbons (Fsp3) is 0.920. The first kappa shape index (κ1) is 23.6. The van der Waals surface area contributed by atoms with Gasteiger partial charge in [-0.2, -0.15) is 8.78 Å². The smallest absolute Gasteiger partial charge is 0.271 e. The quantitative estimate of drug-likeness (QED) is 0.494. The third-order valence-corrected chi connectivity index (χ3v) is 8.28. The molecule has 2 saturated carbocycles. The van der Waals surface area contributed by atoms with Crippen molar-refractivity contribution >= 4 is 0 Å². The fourth-order valence-electron chi connectivity index (χ4n) is 6.41. The Morgan fingerprint density at radius 3 is 1.68 bits per heavy atom. The lowest BCUT2D eigenvalue weighted by atomic mass is 9.67. The Labute approximate surface area is 186 Å². The Morgan fingerprint density at radius 1 is 0.677 bits per heavy atom. The number of rotatable bonds is 6. The molecule has 0 unspecified atom stereocenters. The molecule has 4 rings (SSSR count). The summed E-state index contributed by atoms with van der Waals surface area (Å²) in [6, 6.07) is 0. The standard InChI is InChI=1S/C25H40F2O4/c1-2-3-17-4-6-18(7-5-17)19-8-10-20(11-9-19)21-13-30-25(31-14-21)22-15-28-24(29-16-22)12-23(26)27/h12,17-22,24-25H,2-11,13-16H2,1H3. The summed E-state index contributed by atoms with van der Waals surface area (Å²) in [5.41, 5.74) is 0. The highest BCUT2D eigenvalue weighted by molar-refractivity contribution is 4.87. The van der Waals surface area contributed by atoms with Gasteiger partial charge in [0.05, 0.1) is 32.3 Å². The van der Waals surface area contributed by atoms with E-state index in [2.05, 4.69) is 6.92 Å². The van der Waals surface area contributed by atoms with Crippen LogP contribution in [0.4, 0.5) is 8.78 Å². The molecule has 178 valence electrons. The van der Waals surface area contributed by atoms with Gasteiger partial charge in [-0.3, -0.25) is 0 Å². The van der Waals surface area contributed by atoms with Crippen molar-refractivity contribution in [1.29, 1.82) is 0 Å². The minimum Gasteiger partial charge on any atom is -0.352 e. The van der Waals surface area contributed by atoms with Gasteiger partial charge in [-0.1, -0.05) is 32.6 Å². The van der Waals surface area contributed by atoms with E-state index < -0.39 is 12.4 Å². The summed E-state index contributed by atoms with van der Waals surface area (Å²) in [7, 11) is 0. The van der Waals surface area contributed by atoms with Crippen molar-refractivity contribution in [3.8, 4) is 0 Å². The molecule has 0 bridgehead atoms. The topological polar surface area (TPSA) is 36.9 Å². The summed E-state index contributed by atoms with van der Waals surface area (Å²) in [4.78, 5) is 0. The van der Waals surface area contributed by atoms with Crippen LogP contribution in [0.2, 0.25) is 0 Å². The number of hydrogen-bond acceptors (Lipinski definition) is 4. The summed E-state index contributed by atoms with van der Waals surface area (Å²) in [5, 5.41) is 0. The van der Waals surface area contributed by atoms with Crippen LogP contribution in [0.3, 0.4) is 0 Å². The summed E-state index contributed by atoms with van der Waals surface area (Å²) in [6.45, 7) is 4.39. The van der Waals surface area contributed by atoms with Gasteiger partial charge in [0.15, 0.2) is 12.6 Å². The van der Waals surface area contributed by atoms with Crippen molar-refractivity contribution in [2.24, 2.45) is 35.5 Å². The van der Waals surface area contributed by atoms with E-state index in [-0.39, 0.29) is 12.2 Å². The summed E-state index contributed by atoms with van der Waals surface area (Å²) in [6.07, 6.45) is 11.5. The predicted octanol–water partition coefficient (Wildman–Crippen LogP) is 6.16. The van der Waals surface area contributed by atoms with E-state index in [1.54, 1.807) is 0 Å². The second kappa shape index (κ2) is 11.5. The maximum Gasteiger partial charge on any atom is 0.271 e. The van der Waals surface area contributed by atoms with Crippen LogP contribution < -0.4 is 0 Å².